The van der Waals surface area contributed by atoms with Crippen LogP contribution in [-0.2, 0) is 17.4 Å². The summed E-state index contributed by atoms with van der Waals surface area (Å²) in [4.78, 5) is 18.0. The Balaban J connectivity index is 1.88. The van der Waals surface area contributed by atoms with Crippen molar-refractivity contribution in [2.45, 2.75) is 25.6 Å². The highest BCUT2D eigenvalue weighted by atomic mass is 19.4. The van der Waals surface area contributed by atoms with Crippen LogP contribution in [-0.4, -0.2) is 29.7 Å². The van der Waals surface area contributed by atoms with Gasteiger partial charge in [-0.2, -0.15) is 13.2 Å². The summed E-state index contributed by atoms with van der Waals surface area (Å²) in [7, 11) is 1.49. The number of carbonyl (C=O) groups is 1. The van der Waals surface area contributed by atoms with Gasteiger partial charge in [0.1, 0.15) is 17.3 Å². The first kappa shape index (κ1) is 24.2. The molecule has 1 amide bonds. The van der Waals surface area contributed by atoms with Crippen molar-refractivity contribution >= 4 is 11.6 Å². The number of anilines is 1. The topological polar surface area (TPSA) is 62.7 Å². The average Bonchev–Trinajstić information content (AvgIpc) is 2.79. The standard InChI is InChI=1S/C24H22F4N2O3/c1-15-3-9-19(13-20(15)33-2)30(23(32)22(31)17-5-7-18(25)8-6-17)12-11-16-4-10-21(29-14-16)24(26,27)28/h3-10,13-14,22,31H,11-12H2,1-2H3. The minimum atomic E-state index is -4.54. The first-order valence-corrected chi connectivity index (χ1v) is 10.0. The van der Waals surface area contributed by atoms with Gasteiger partial charge in [-0.25, -0.2) is 4.39 Å². The second-order valence-corrected chi connectivity index (χ2v) is 7.40. The minimum absolute atomic E-state index is 0.0519. The molecule has 0 spiro atoms. The van der Waals surface area contributed by atoms with Gasteiger partial charge in [0.15, 0.2) is 6.10 Å². The Morgan fingerprint density at radius 3 is 2.39 bits per heavy atom. The third-order valence-corrected chi connectivity index (χ3v) is 5.13. The van der Waals surface area contributed by atoms with Crippen LogP contribution < -0.4 is 9.64 Å². The molecule has 33 heavy (non-hydrogen) atoms. The molecule has 0 aliphatic carbocycles. The molecular weight excluding hydrogens is 440 g/mol. The molecule has 1 N–H and O–H groups in total. The van der Waals surface area contributed by atoms with Crippen molar-refractivity contribution < 1.29 is 32.2 Å². The van der Waals surface area contributed by atoms with Gasteiger partial charge >= 0.3 is 6.18 Å². The van der Waals surface area contributed by atoms with E-state index in [1.807, 2.05) is 6.92 Å². The summed E-state index contributed by atoms with van der Waals surface area (Å²) in [5.74, 6) is -0.654. The molecule has 3 aromatic rings. The van der Waals surface area contributed by atoms with Crippen LogP contribution in [0.15, 0.2) is 60.8 Å². The van der Waals surface area contributed by atoms with E-state index < -0.39 is 29.7 Å². The molecule has 9 heteroatoms. The summed E-state index contributed by atoms with van der Waals surface area (Å²) in [5, 5.41) is 10.6. The lowest BCUT2D eigenvalue weighted by atomic mass is 10.1. The zero-order valence-corrected chi connectivity index (χ0v) is 17.9. The molecule has 0 bridgehead atoms. The van der Waals surface area contributed by atoms with Crippen molar-refractivity contribution in [1.29, 1.82) is 0 Å². The average molecular weight is 462 g/mol. The van der Waals surface area contributed by atoms with Crippen LogP contribution in [0.2, 0.25) is 0 Å². The van der Waals surface area contributed by atoms with E-state index in [-0.39, 0.29) is 18.5 Å². The number of pyridine rings is 1. The van der Waals surface area contributed by atoms with Crippen LogP contribution in [0, 0.1) is 12.7 Å². The maximum atomic E-state index is 13.2. The lowest BCUT2D eigenvalue weighted by Crippen LogP contribution is -2.37. The number of rotatable bonds is 7. The Kier molecular flexibility index (Phi) is 7.33. The minimum Gasteiger partial charge on any atom is -0.496 e. The van der Waals surface area contributed by atoms with Crippen LogP contribution in [0.4, 0.5) is 23.2 Å². The van der Waals surface area contributed by atoms with Gasteiger partial charge in [0.05, 0.1) is 7.11 Å². The van der Waals surface area contributed by atoms with Gasteiger partial charge in [0.2, 0.25) is 0 Å². The first-order valence-electron chi connectivity index (χ1n) is 10.0. The highest BCUT2D eigenvalue weighted by Gasteiger charge is 2.32. The van der Waals surface area contributed by atoms with Gasteiger partial charge in [0.25, 0.3) is 5.91 Å². The van der Waals surface area contributed by atoms with Crippen LogP contribution in [0.25, 0.3) is 0 Å². The van der Waals surface area contributed by atoms with Crippen molar-refractivity contribution in [1.82, 2.24) is 4.98 Å². The number of amides is 1. The Labute approximate surface area is 188 Å². The lowest BCUT2D eigenvalue weighted by molar-refractivity contribution is -0.141. The highest BCUT2D eigenvalue weighted by Crippen LogP contribution is 2.29. The Morgan fingerprint density at radius 1 is 1.12 bits per heavy atom. The Hall–Kier alpha value is -3.46. The summed E-state index contributed by atoms with van der Waals surface area (Å²) in [6.07, 6.45) is -4.82. The van der Waals surface area contributed by atoms with Gasteiger partial charge in [-0.3, -0.25) is 9.78 Å². The number of aromatic nitrogens is 1. The summed E-state index contributed by atoms with van der Waals surface area (Å²) in [6.45, 7) is 1.88. The number of ether oxygens (including phenoxy) is 1. The summed E-state index contributed by atoms with van der Waals surface area (Å²) >= 11 is 0. The number of halogens is 4. The predicted octanol–water partition coefficient (Wildman–Crippen LogP) is 4.87. The molecule has 2 aromatic carbocycles. The fourth-order valence-electron chi connectivity index (χ4n) is 3.26. The third-order valence-electron chi connectivity index (χ3n) is 5.13. The van der Waals surface area contributed by atoms with E-state index >= 15 is 0 Å². The quantitative estimate of drug-likeness (QED) is 0.509. The second kappa shape index (κ2) is 9.99. The number of hydrogen-bond acceptors (Lipinski definition) is 4. The molecule has 5 nitrogen and oxygen atoms in total. The van der Waals surface area contributed by atoms with Crippen molar-refractivity contribution in [3.63, 3.8) is 0 Å². The van der Waals surface area contributed by atoms with Gasteiger partial charge < -0.3 is 14.7 Å². The molecule has 0 aliphatic heterocycles. The number of methoxy groups -OCH3 is 1. The van der Waals surface area contributed by atoms with Gasteiger partial charge in [0, 0.05) is 24.5 Å². The van der Waals surface area contributed by atoms with Crippen molar-refractivity contribution in [3.8, 4) is 5.75 Å². The van der Waals surface area contributed by atoms with Crippen LogP contribution in [0.1, 0.15) is 28.5 Å². The number of aliphatic hydroxyl groups excluding tert-OH is 1. The molecule has 1 unspecified atom stereocenters. The van der Waals surface area contributed by atoms with E-state index in [0.29, 0.717) is 17.0 Å². The smallest absolute Gasteiger partial charge is 0.433 e. The van der Waals surface area contributed by atoms with Gasteiger partial charge in [-0.1, -0.05) is 24.3 Å². The SMILES string of the molecule is COc1cc(N(CCc2ccc(C(F)(F)F)nc2)C(=O)C(O)c2ccc(F)cc2)ccc1C. The molecule has 174 valence electrons. The number of aliphatic hydroxyl groups is 1. The Bertz CT molecular complexity index is 1100. The highest BCUT2D eigenvalue weighted by molar-refractivity contribution is 5.97. The normalized spacial score (nSPS) is 12.3. The molecule has 0 aliphatic rings. The zero-order valence-electron chi connectivity index (χ0n) is 17.9. The van der Waals surface area contributed by atoms with E-state index in [1.165, 1.54) is 30.2 Å². The van der Waals surface area contributed by atoms with E-state index in [0.717, 1.165) is 30.0 Å². The van der Waals surface area contributed by atoms with E-state index in [1.54, 1.807) is 18.2 Å². The number of hydrogen-bond donors (Lipinski definition) is 1. The van der Waals surface area contributed by atoms with Gasteiger partial charge in [-0.05, 0) is 54.3 Å². The molecule has 1 heterocycles. The number of carbonyl (C=O) groups excluding carboxylic acids is 1. The molecule has 0 fully saturated rings. The Morgan fingerprint density at radius 2 is 1.82 bits per heavy atom. The van der Waals surface area contributed by atoms with Crippen LogP contribution >= 0.6 is 0 Å². The lowest BCUT2D eigenvalue weighted by Gasteiger charge is -2.26. The second-order valence-electron chi connectivity index (χ2n) is 7.40. The zero-order chi connectivity index (χ0) is 24.2. The van der Waals surface area contributed by atoms with Crippen molar-refractivity contribution in [2.24, 2.45) is 0 Å². The fraction of sp³-hybridized carbons (Fsp3) is 0.250. The number of nitrogens with zero attached hydrogens (tertiary/aromatic N) is 2. The van der Waals surface area contributed by atoms with Gasteiger partial charge in [-0.15, -0.1) is 0 Å². The fourth-order valence-corrected chi connectivity index (χ4v) is 3.26. The molecule has 0 radical (unpaired) electrons. The maximum Gasteiger partial charge on any atom is 0.433 e. The first-order chi connectivity index (χ1) is 15.6. The van der Waals surface area contributed by atoms with Crippen molar-refractivity contribution in [3.05, 3.63) is 89.0 Å². The number of benzene rings is 2. The van der Waals surface area contributed by atoms with Crippen LogP contribution in [0.3, 0.4) is 0 Å². The molecule has 0 saturated carbocycles. The van der Waals surface area contributed by atoms with Crippen LogP contribution in [0.5, 0.6) is 5.75 Å². The predicted molar refractivity (Wildman–Crippen MR) is 114 cm³/mol. The summed E-state index contributed by atoms with van der Waals surface area (Å²) in [6, 6.07) is 12.1. The number of aryl methyl sites for hydroxylation is 1. The van der Waals surface area contributed by atoms with Crippen molar-refractivity contribution in [2.75, 3.05) is 18.6 Å². The van der Waals surface area contributed by atoms with E-state index in [9.17, 15) is 27.5 Å². The molecule has 1 atom stereocenters. The molecule has 1 aromatic heterocycles. The third kappa shape index (κ3) is 5.87. The molecular formula is C24H22F4N2O3. The summed E-state index contributed by atoms with van der Waals surface area (Å²) in [5.41, 5.74) is 0.954. The largest absolute Gasteiger partial charge is 0.496 e. The number of alkyl halides is 3. The van der Waals surface area contributed by atoms with E-state index in [2.05, 4.69) is 4.98 Å². The summed E-state index contributed by atoms with van der Waals surface area (Å²) < 4.78 is 56.8. The maximum absolute atomic E-state index is 13.2. The molecule has 3 rings (SSSR count). The van der Waals surface area contributed by atoms with E-state index in [4.69, 9.17) is 4.74 Å². The monoisotopic (exact) mass is 462 g/mol. The molecule has 0 saturated heterocycles.